The quantitative estimate of drug-likeness (QED) is 0.786. The van der Waals surface area contributed by atoms with E-state index in [2.05, 4.69) is 10.00 Å². The minimum atomic E-state index is 0.348. The Morgan fingerprint density at radius 3 is 2.71 bits per heavy atom. The van der Waals surface area contributed by atoms with E-state index in [4.69, 9.17) is 10.8 Å². The number of likely N-dealkylation sites (tertiary alicyclic amines) is 1. The van der Waals surface area contributed by atoms with Gasteiger partial charge in [-0.1, -0.05) is 0 Å². The Morgan fingerprint density at radius 2 is 2.12 bits per heavy atom. The number of anilines is 1. The van der Waals surface area contributed by atoms with E-state index in [9.17, 15) is 0 Å². The molecule has 0 unspecified atom stereocenters. The lowest BCUT2D eigenvalue weighted by molar-refractivity contribution is 0.129. The predicted octanol–water partition coefficient (Wildman–Crippen LogP) is 0.560. The molecule has 1 aromatic rings. The van der Waals surface area contributed by atoms with Gasteiger partial charge in [-0.25, -0.2) is 0 Å². The number of hydrogen-bond acceptors (Lipinski definition) is 4. The van der Waals surface area contributed by atoms with E-state index < -0.39 is 0 Å². The summed E-state index contributed by atoms with van der Waals surface area (Å²) >= 11 is 0. The van der Waals surface area contributed by atoms with Crippen LogP contribution in [-0.2, 0) is 6.54 Å². The second kappa shape index (κ2) is 6.02. The zero-order valence-electron chi connectivity index (χ0n) is 10.3. The molecular weight excluding hydrogens is 216 g/mol. The van der Waals surface area contributed by atoms with Gasteiger partial charge in [-0.2, -0.15) is 5.10 Å². The minimum Gasteiger partial charge on any atom is -0.396 e. The first-order valence-corrected chi connectivity index (χ1v) is 6.40. The Bertz CT molecular complexity index is 331. The van der Waals surface area contributed by atoms with Gasteiger partial charge in [0.25, 0.3) is 0 Å². The number of aromatic nitrogens is 2. The van der Waals surface area contributed by atoms with Crippen molar-refractivity contribution in [2.45, 2.75) is 25.8 Å². The number of hydrogen-bond donors (Lipinski definition) is 2. The average Bonchev–Trinajstić information content (AvgIpc) is 2.76. The Hall–Kier alpha value is -1.07. The van der Waals surface area contributed by atoms with Crippen LogP contribution >= 0.6 is 0 Å². The Balaban J connectivity index is 1.63. The molecule has 17 heavy (non-hydrogen) atoms. The summed E-state index contributed by atoms with van der Waals surface area (Å²) in [4.78, 5) is 2.47. The minimum absolute atomic E-state index is 0.348. The molecular formula is C12H22N4O. The van der Waals surface area contributed by atoms with Crippen LogP contribution in [0.5, 0.6) is 0 Å². The van der Waals surface area contributed by atoms with Crippen molar-refractivity contribution in [3.05, 3.63) is 12.3 Å². The molecule has 5 heteroatoms. The number of nitrogens with zero attached hydrogens (tertiary/aromatic N) is 3. The normalized spacial score (nSPS) is 18.6. The number of piperidine rings is 1. The number of aliphatic hydroxyl groups excluding tert-OH is 1. The topological polar surface area (TPSA) is 67.3 Å². The smallest absolute Gasteiger partial charge is 0.145 e. The summed E-state index contributed by atoms with van der Waals surface area (Å²) in [6.45, 7) is 4.62. The van der Waals surface area contributed by atoms with E-state index >= 15 is 0 Å². The Kier molecular flexibility index (Phi) is 4.39. The van der Waals surface area contributed by atoms with E-state index in [0.717, 1.165) is 45.4 Å². The van der Waals surface area contributed by atoms with Crippen molar-refractivity contribution in [1.82, 2.24) is 14.7 Å². The molecule has 0 saturated carbocycles. The van der Waals surface area contributed by atoms with Gasteiger partial charge in [-0.05, 0) is 50.9 Å². The molecule has 0 aromatic carbocycles. The van der Waals surface area contributed by atoms with E-state index in [1.165, 1.54) is 0 Å². The molecule has 0 radical (unpaired) electrons. The first-order valence-electron chi connectivity index (χ1n) is 6.40. The molecule has 3 N–H and O–H groups in total. The van der Waals surface area contributed by atoms with Crippen LogP contribution in [0.2, 0.25) is 0 Å². The van der Waals surface area contributed by atoms with Crippen LogP contribution in [0.3, 0.4) is 0 Å². The molecule has 1 aliphatic heterocycles. The third kappa shape index (κ3) is 3.71. The van der Waals surface area contributed by atoms with Crippen molar-refractivity contribution in [1.29, 1.82) is 0 Å². The maximum atomic E-state index is 9.06. The predicted molar refractivity (Wildman–Crippen MR) is 67.5 cm³/mol. The molecule has 0 atom stereocenters. The molecule has 96 valence electrons. The number of nitrogen functional groups attached to an aromatic ring is 1. The molecule has 1 aliphatic rings. The highest BCUT2D eigenvalue weighted by molar-refractivity contribution is 5.23. The molecule has 0 bridgehead atoms. The third-order valence-corrected chi connectivity index (χ3v) is 3.49. The summed E-state index contributed by atoms with van der Waals surface area (Å²) in [5.74, 6) is 1.12. The second-order valence-electron chi connectivity index (χ2n) is 4.82. The third-order valence-electron chi connectivity index (χ3n) is 3.49. The van der Waals surface area contributed by atoms with Crippen LogP contribution in [0.1, 0.15) is 19.3 Å². The van der Waals surface area contributed by atoms with Crippen LogP contribution in [0.25, 0.3) is 0 Å². The standard InChI is InChI=1S/C12H22N4O/c13-12-4-9-16(14-12)6-1-5-15-7-2-11(10-17)3-8-15/h4,9,11,17H,1-3,5-8,10H2,(H2,13,14). The molecule has 0 spiro atoms. The molecule has 2 rings (SSSR count). The van der Waals surface area contributed by atoms with Crippen LogP contribution in [-0.4, -0.2) is 46.0 Å². The summed E-state index contributed by atoms with van der Waals surface area (Å²) < 4.78 is 1.90. The highest BCUT2D eigenvalue weighted by Gasteiger charge is 2.17. The van der Waals surface area contributed by atoms with E-state index in [1.54, 1.807) is 0 Å². The summed E-state index contributed by atoms with van der Waals surface area (Å²) in [6.07, 6.45) is 5.29. The van der Waals surface area contributed by atoms with Crippen molar-refractivity contribution < 1.29 is 5.11 Å². The van der Waals surface area contributed by atoms with Crippen LogP contribution < -0.4 is 5.73 Å². The van der Waals surface area contributed by atoms with Gasteiger partial charge in [0.1, 0.15) is 5.82 Å². The van der Waals surface area contributed by atoms with Crippen LogP contribution in [0.15, 0.2) is 12.3 Å². The van der Waals surface area contributed by atoms with Gasteiger partial charge in [-0.3, -0.25) is 4.68 Å². The van der Waals surface area contributed by atoms with Crippen LogP contribution in [0.4, 0.5) is 5.82 Å². The van der Waals surface area contributed by atoms with E-state index in [-0.39, 0.29) is 0 Å². The van der Waals surface area contributed by atoms with Gasteiger partial charge < -0.3 is 15.7 Å². The van der Waals surface area contributed by atoms with Gasteiger partial charge in [-0.15, -0.1) is 0 Å². The molecule has 1 aromatic heterocycles. The van der Waals surface area contributed by atoms with Gasteiger partial charge in [0.2, 0.25) is 0 Å². The number of aryl methyl sites for hydroxylation is 1. The summed E-state index contributed by atoms with van der Waals surface area (Å²) in [5, 5.41) is 13.2. The maximum absolute atomic E-state index is 9.06. The summed E-state index contributed by atoms with van der Waals surface area (Å²) in [7, 11) is 0. The van der Waals surface area contributed by atoms with Gasteiger partial charge in [0, 0.05) is 19.3 Å². The molecule has 1 saturated heterocycles. The summed E-state index contributed by atoms with van der Waals surface area (Å²) in [6, 6.07) is 1.83. The van der Waals surface area contributed by atoms with Gasteiger partial charge in [0.05, 0.1) is 0 Å². The number of rotatable bonds is 5. The molecule has 5 nitrogen and oxygen atoms in total. The van der Waals surface area contributed by atoms with Crippen LogP contribution in [0, 0.1) is 5.92 Å². The fourth-order valence-electron chi connectivity index (χ4n) is 2.35. The van der Waals surface area contributed by atoms with Crippen molar-refractivity contribution >= 4 is 5.82 Å². The van der Waals surface area contributed by atoms with Crippen molar-refractivity contribution in [2.75, 3.05) is 32.0 Å². The molecule has 0 amide bonds. The van der Waals surface area contributed by atoms with Gasteiger partial charge >= 0.3 is 0 Å². The zero-order valence-corrected chi connectivity index (χ0v) is 10.3. The second-order valence-corrected chi connectivity index (χ2v) is 4.82. The highest BCUT2D eigenvalue weighted by Crippen LogP contribution is 2.16. The molecule has 0 aliphatic carbocycles. The lowest BCUT2D eigenvalue weighted by Gasteiger charge is -2.30. The fourth-order valence-corrected chi connectivity index (χ4v) is 2.35. The molecule has 1 fully saturated rings. The molecule has 2 heterocycles. The lowest BCUT2D eigenvalue weighted by atomic mass is 9.98. The van der Waals surface area contributed by atoms with Gasteiger partial charge in [0.15, 0.2) is 0 Å². The average molecular weight is 238 g/mol. The maximum Gasteiger partial charge on any atom is 0.145 e. The first-order chi connectivity index (χ1) is 8.28. The van der Waals surface area contributed by atoms with E-state index in [0.29, 0.717) is 18.3 Å². The number of nitrogens with two attached hydrogens (primary N) is 1. The zero-order chi connectivity index (χ0) is 12.1. The largest absolute Gasteiger partial charge is 0.396 e. The Morgan fingerprint density at radius 1 is 1.35 bits per heavy atom. The van der Waals surface area contributed by atoms with Crippen molar-refractivity contribution in [3.8, 4) is 0 Å². The lowest BCUT2D eigenvalue weighted by Crippen LogP contribution is -2.35. The van der Waals surface area contributed by atoms with Crippen molar-refractivity contribution in [3.63, 3.8) is 0 Å². The Labute approximate surface area is 102 Å². The number of aliphatic hydroxyl groups is 1. The SMILES string of the molecule is Nc1ccn(CCCN2CCC(CO)CC2)n1. The van der Waals surface area contributed by atoms with Crippen molar-refractivity contribution in [2.24, 2.45) is 5.92 Å². The highest BCUT2D eigenvalue weighted by atomic mass is 16.3. The van der Waals surface area contributed by atoms with E-state index in [1.807, 2.05) is 16.9 Å². The summed E-state index contributed by atoms with van der Waals surface area (Å²) in [5.41, 5.74) is 5.56. The fraction of sp³-hybridized carbons (Fsp3) is 0.750. The monoisotopic (exact) mass is 238 g/mol. The first kappa shape index (κ1) is 12.4.